The molecule has 0 saturated carbocycles. The first kappa shape index (κ1) is 24.7. The van der Waals surface area contributed by atoms with E-state index in [1.165, 1.54) is 11.8 Å². The summed E-state index contributed by atoms with van der Waals surface area (Å²) in [5.74, 6) is 0.817. The summed E-state index contributed by atoms with van der Waals surface area (Å²) >= 11 is 1.49. The highest BCUT2D eigenvalue weighted by Gasteiger charge is 2.62. The standard InChI is InChI=1S/C30H33NO4S/c1-20(2)26-30(21-12-7-5-8-13-21,22-14-9-6-10-15-22)35-28(32)31(26)27(36-4)29(33)19-18-23-24(29)16-11-17-25(23)34-3/h5-17,20,26-27,33H,18-19H2,1-4H3/t26-,27-,29+/m0/s1. The molecule has 5 nitrogen and oxygen atoms in total. The van der Waals surface area contributed by atoms with E-state index in [0.29, 0.717) is 12.8 Å². The number of methoxy groups -OCH3 is 1. The predicted octanol–water partition coefficient (Wildman–Crippen LogP) is 5.94. The lowest BCUT2D eigenvalue weighted by Crippen LogP contribution is -2.56. The average molecular weight is 504 g/mol. The highest BCUT2D eigenvalue weighted by atomic mass is 32.2. The molecule has 188 valence electrons. The number of amides is 1. The fourth-order valence-electron chi connectivity index (χ4n) is 6.26. The number of benzene rings is 3. The van der Waals surface area contributed by atoms with Crippen molar-refractivity contribution in [3.63, 3.8) is 0 Å². The molecule has 5 rings (SSSR count). The van der Waals surface area contributed by atoms with Gasteiger partial charge < -0.3 is 14.6 Å². The molecular formula is C30H33NO4S. The summed E-state index contributed by atoms with van der Waals surface area (Å²) in [5.41, 5.74) is 1.44. The van der Waals surface area contributed by atoms with Crippen LogP contribution in [0.25, 0.3) is 0 Å². The van der Waals surface area contributed by atoms with Gasteiger partial charge in [0, 0.05) is 16.7 Å². The van der Waals surface area contributed by atoms with Crippen LogP contribution in [0, 0.1) is 5.92 Å². The third-order valence-corrected chi connectivity index (χ3v) is 8.74. The lowest BCUT2D eigenvalue weighted by atomic mass is 9.75. The highest BCUT2D eigenvalue weighted by Crippen LogP contribution is 2.53. The van der Waals surface area contributed by atoms with Crippen LogP contribution in [0.3, 0.4) is 0 Å². The van der Waals surface area contributed by atoms with Crippen molar-refractivity contribution in [3.05, 3.63) is 101 Å². The summed E-state index contributed by atoms with van der Waals surface area (Å²) in [7, 11) is 1.65. The summed E-state index contributed by atoms with van der Waals surface area (Å²) in [6.07, 6.45) is 2.73. The molecule has 0 bridgehead atoms. The van der Waals surface area contributed by atoms with Crippen LogP contribution in [0.5, 0.6) is 5.75 Å². The van der Waals surface area contributed by atoms with E-state index in [2.05, 4.69) is 13.8 Å². The van der Waals surface area contributed by atoms with E-state index in [0.717, 1.165) is 28.0 Å². The molecule has 2 aliphatic rings. The first-order chi connectivity index (χ1) is 17.4. The zero-order chi connectivity index (χ0) is 25.5. The summed E-state index contributed by atoms with van der Waals surface area (Å²) in [4.78, 5) is 15.7. The third kappa shape index (κ3) is 3.61. The number of aliphatic hydroxyl groups is 1. The van der Waals surface area contributed by atoms with Crippen LogP contribution in [-0.2, 0) is 22.4 Å². The Balaban J connectivity index is 1.69. The lowest BCUT2D eigenvalue weighted by Gasteiger charge is -2.44. The van der Waals surface area contributed by atoms with E-state index in [-0.39, 0.29) is 12.0 Å². The topological polar surface area (TPSA) is 59.0 Å². The number of carbonyl (C=O) groups excluding carboxylic acids is 1. The molecule has 1 N–H and O–H groups in total. The van der Waals surface area contributed by atoms with E-state index >= 15 is 0 Å². The minimum Gasteiger partial charge on any atom is -0.496 e. The molecule has 0 spiro atoms. The lowest BCUT2D eigenvalue weighted by molar-refractivity contribution is -0.0175. The number of thioether (sulfide) groups is 1. The monoisotopic (exact) mass is 503 g/mol. The quantitative estimate of drug-likeness (QED) is 0.433. The van der Waals surface area contributed by atoms with E-state index in [4.69, 9.17) is 9.47 Å². The average Bonchev–Trinajstić information content (AvgIpc) is 3.41. The summed E-state index contributed by atoms with van der Waals surface area (Å²) in [5, 5.41) is 11.7. The molecule has 0 aromatic heterocycles. The van der Waals surface area contributed by atoms with Gasteiger partial charge in [0.15, 0.2) is 5.60 Å². The molecule has 3 atom stereocenters. The van der Waals surface area contributed by atoms with Gasteiger partial charge in [-0.3, -0.25) is 4.90 Å². The zero-order valence-corrected chi connectivity index (χ0v) is 22.0. The highest BCUT2D eigenvalue weighted by molar-refractivity contribution is 7.99. The zero-order valence-electron chi connectivity index (χ0n) is 21.2. The fourth-order valence-corrected chi connectivity index (χ4v) is 7.33. The molecule has 1 aliphatic heterocycles. The second-order valence-corrected chi connectivity index (χ2v) is 10.8. The number of fused-ring (bicyclic) bond motifs is 1. The Morgan fingerprint density at radius 2 is 1.61 bits per heavy atom. The molecule has 6 heteroatoms. The van der Waals surface area contributed by atoms with Gasteiger partial charge in [-0.25, -0.2) is 4.79 Å². The van der Waals surface area contributed by atoms with E-state index < -0.39 is 22.7 Å². The first-order valence-corrected chi connectivity index (χ1v) is 13.7. The second kappa shape index (κ2) is 9.49. The molecule has 1 heterocycles. The minimum absolute atomic E-state index is 0.0429. The fraction of sp³-hybridized carbons (Fsp3) is 0.367. The van der Waals surface area contributed by atoms with Gasteiger partial charge in [0.1, 0.15) is 16.7 Å². The molecule has 1 aliphatic carbocycles. The van der Waals surface area contributed by atoms with Crippen molar-refractivity contribution < 1.29 is 19.4 Å². The van der Waals surface area contributed by atoms with Gasteiger partial charge >= 0.3 is 6.09 Å². The Bertz CT molecular complexity index is 1190. The molecular weight excluding hydrogens is 470 g/mol. The normalized spacial score (nSPS) is 23.4. The first-order valence-electron chi connectivity index (χ1n) is 12.4. The van der Waals surface area contributed by atoms with Crippen molar-refractivity contribution in [2.45, 2.75) is 49.3 Å². The van der Waals surface area contributed by atoms with Crippen molar-refractivity contribution >= 4 is 17.9 Å². The van der Waals surface area contributed by atoms with Gasteiger partial charge in [0.05, 0.1) is 13.2 Å². The van der Waals surface area contributed by atoms with Crippen molar-refractivity contribution in [1.82, 2.24) is 4.90 Å². The van der Waals surface area contributed by atoms with Crippen molar-refractivity contribution in [2.75, 3.05) is 13.4 Å². The van der Waals surface area contributed by atoms with Gasteiger partial charge in [0.25, 0.3) is 0 Å². The molecule has 1 saturated heterocycles. The number of hydrogen-bond acceptors (Lipinski definition) is 5. The molecule has 3 aromatic rings. The van der Waals surface area contributed by atoms with E-state index in [1.807, 2.05) is 90.0 Å². The summed E-state index contributed by atoms with van der Waals surface area (Å²) < 4.78 is 12.1. The van der Waals surface area contributed by atoms with Crippen molar-refractivity contribution in [2.24, 2.45) is 5.92 Å². The van der Waals surface area contributed by atoms with Crippen LogP contribution < -0.4 is 4.74 Å². The molecule has 1 amide bonds. The Hall–Kier alpha value is -2.96. The van der Waals surface area contributed by atoms with Crippen LogP contribution in [0.2, 0.25) is 0 Å². The van der Waals surface area contributed by atoms with Crippen LogP contribution in [0.15, 0.2) is 78.9 Å². The van der Waals surface area contributed by atoms with Crippen molar-refractivity contribution in [1.29, 1.82) is 0 Å². The van der Waals surface area contributed by atoms with Gasteiger partial charge in [-0.2, -0.15) is 0 Å². The number of rotatable bonds is 7. The Labute approximate surface area is 217 Å². The number of cyclic esters (lactones) is 1. The van der Waals surface area contributed by atoms with Crippen LogP contribution in [0.4, 0.5) is 4.79 Å². The number of nitrogens with zero attached hydrogens (tertiary/aromatic N) is 1. The summed E-state index contributed by atoms with van der Waals surface area (Å²) in [6, 6.07) is 25.4. The van der Waals surface area contributed by atoms with Crippen LogP contribution in [-0.4, -0.2) is 40.9 Å². The predicted molar refractivity (Wildman–Crippen MR) is 143 cm³/mol. The van der Waals surface area contributed by atoms with Gasteiger partial charge in [0.2, 0.25) is 0 Å². The second-order valence-electron chi connectivity index (χ2n) is 9.93. The number of ether oxygens (including phenoxy) is 2. The molecule has 1 fully saturated rings. The molecule has 36 heavy (non-hydrogen) atoms. The van der Waals surface area contributed by atoms with Gasteiger partial charge in [-0.15, -0.1) is 11.8 Å². The Morgan fingerprint density at radius 1 is 1.00 bits per heavy atom. The maximum atomic E-state index is 13.9. The van der Waals surface area contributed by atoms with Crippen LogP contribution in [0.1, 0.15) is 42.5 Å². The maximum absolute atomic E-state index is 13.9. The van der Waals surface area contributed by atoms with Crippen molar-refractivity contribution in [3.8, 4) is 5.75 Å². The maximum Gasteiger partial charge on any atom is 0.412 e. The minimum atomic E-state index is -1.24. The van der Waals surface area contributed by atoms with Gasteiger partial charge in [-0.05, 0) is 36.6 Å². The molecule has 0 radical (unpaired) electrons. The Kier molecular flexibility index (Phi) is 6.52. The smallest absolute Gasteiger partial charge is 0.412 e. The number of hydrogen-bond donors (Lipinski definition) is 1. The van der Waals surface area contributed by atoms with Crippen LogP contribution >= 0.6 is 11.8 Å². The third-order valence-electron chi connectivity index (χ3n) is 7.67. The SMILES string of the molecule is COc1cccc2c1CC[C@]2(O)[C@H](SC)N1C(=O)OC(c2ccccc2)(c2ccccc2)[C@@H]1C(C)C. The number of carbonyl (C=O) groups is 1. The van der Waals surface area contributed by atoms with E-state index in [1.54, 1.807) is 7.11 Å². The Morgan fingerprint density at radius 3 is 2.14 bits per heavy atom. The largest absolute Gasteiger partial charge is 0.496 e. The molecule has 3 aromatic carbocycles. The van der Waals surface area contributed by atoms with E-state index in [9.17, 15) is 9.90 Å². The summed E-state index contributed by atoms with van der Waals surface area (Å²) in [6.45, 7) is 4.24. The molecule has 0 unspecified atom stereocenters. The van der Waals surface area contributed by atoms with Gasteiger partial charge in [-0.1, -0.05) is 86.6 Å².